The molecule has 0 saturated heterocycles. The van der Waals surface area contributed by atoms with Crippen LogP contribution in [-0.2, 0) is 0 Å². The molecule has 1 N–H and O–H groups in total. The highest BCUT2D eigenvalue weighted by Gasteiger charge is 2.10. The molecule has 3 heteroatoms. The molecule has 1 unspecified atom stereocenters. The van der Waals surface area contributed by atoms with Gasteiger partial charge in [-0.3, -0.25) is 0 Å². The summed E-state index contributed by atoms with van der Waals surface area (Å²) in [6, 6.07) is 5.86. The summed E-state index contributed by atoms with van der Waals surface area (Å²) in [5, 5.41) is 9.10. The van der Waals surface area contributed by atoms with E-state index >= 15 is 0 Å². The lowest BCUT2D eigenvalue weighted by molar-refractivity contribution is 0.266. The molecular weight excluding hydrogens is 244 g/mol. The quantitative estimate of drug-likeness (QED) is 0.900. The van der Waals surface area contributed by atoms with Crippen LogP contribution < -0.4 is 4.74 Å². The first-order valence-corrected chi connectivity index (χ1v) is 5.51. The number of halogens is 1. The van der Waals surface area contributed by atoms with E-state index in [1.807, 2.05) is 32.0 Å². The van der Waals surface area contributed by atoms with E-state index < -0.39 is 0 Å². The molecule has 0 bridgehead atoms. The van der Waals surface area contributed by atoms with Crippen molar-refractivity contribution in [2.45, 2.75) is 19.8 Å². The zero-order valence-corrected chi connectivity index (χ0v) is 10.0. The standard InChI is InChI=1S/C11H15BrO2/c1-3-14-11-5-4-9(12)6-10(11)8(2)7-13/h4-6,8,13H,3,7H2,1-2H3. The lowest BCUT2D eigenvalue weighted by Crippen LogP contribution is -2.03. The molecule has 1 rings (SSSR count). The molecule has 0 aliphatic heterocycles. The molecular formula is C11H15BrO2. The molecule has 0 saturated carbocycles. The zero-order valence-electron chi connectivity index (χ0n) is 8.46. The fourth-order valence-corrected chi connectivity index (χ4v) is 1.67. The van der Waals surface area contributed by atoms with E-state index in [2.05, 4.69) is 15.9 Å². The highest BCUT2D eigenvalue weighted by molar-refractivity contribution is 9.10. The monoisotopic (exact) mass is 258 g/mol. The van der Waals surface area contributed by atoms with Crippen molar-refractivity contribution >= 4 is 15.9 Å². The van der Waals surface area contributed by atoms with Gasteiger partial charge in [-0.15, -0.1) is 0 Å². The number of ether oxygens (including phenoxy) is 1. The molecule has 1 aromatic carbocycles. The summed E-state index contributed by atoms with van der Waals surface area (Å²) in [5.74, 6) is 0.964. The average molecular weight is 259 g/mol. The second-order valence-electron chi connectivity index (χ2n) is 3.20. The van der Waals surface area contributed by atoms with Crippen molar-refractivity contribution in [2.75, 3.05) is 13.2 Å². The molecule has 0 radical (unpaired) electrons. The van der Waals surface area contributed by atoms with Gasteiger partial charge < -0.3 is 9.84 Å². The summed E-state index contributed by atoms with van der Waals surface area (Å²) in [7, 11) is 0. The van der Waals surface area contributed by atoms with Crippen LogP contribution in [-0.4, -0.2) is 18.3 Å². The maximum Gasteiger partial charge on any atom is 0.122 e. The topological polar surface area (TPSA) is 29.5 Å². The first-order valence-electron chi connectivity index (χ1n) is 4.72. The van der Waals surface area contributed by atoms with E-state index in [0.717, 1.165) is 15.8 Å². The Bertz CT molecular complexity index is 299. The Morgan fingerprint density at radius 2 is 2.21 bits per heavy atom. The van der Waals surface area contributed by atoms with Gasteiger partial charge in [-0.1, -0.05) is 22.9 Å². The third kappa shape index (κ3) is 2.72. The van der Waals surface area contributed by atoms with E-state index in [1.54, 1.807) is 0 Å². The molecule has 0 aliphatic rings. The van der Waals surface area contributed by atoms with Crippen LogP contribution in [0.15, 0.2) is 22.7 Å². The van der Waals surface area contributed by atoms with Crippen LogP contribution in [0.2, 0.25) is 0 Å². The number of hydrogen-bond donors (Lipinski definition) is 1. The molecule has 14 heavy (non-hydrogen) atoms. The van der Waals surface area contributed by atoms with Gasteiger partial charge in [0.05, 0.1) is 6.61 Å². The van der Waals surface area contributed by atoms with Crippen molar-refractivity contribution < 1.29 is 9.84 Å². The van der Waals surface area contributed by atoms with Crippen molar-refractivity contribution in [3.8, 4) is 5.75 Å². The van der Waals surface area contributed by atoms with Gasteiger partial charge in [0.1, 0.15) is 5.75 Å². The van der Waals surface area contributed by atoms with Crippen LogP contribution in [0, 0.1) is 0 Å². The third-order valence-corrected chi connectivity index (χ3v) is 2.57. The van der Waals surface area contributed by atoms with Gasteiger partial charge in [0.2, 0.25) is 0 Å². The van der Waals surface area contributed by atoms with Crippen LogP contribution >= 0.6 is 15.9 Å². The number of aliphatic hydroxyl groups excluding tert-OH is 1. The summed E-state index contributed by atoms with van der Waals surface area (Å²) in [6.45, 7) is 4.71. The van der Waals surface area contributed by atoms with E-state index in [4.69, 9.17) is 9.84 Å². The van der Waals surface area contributed by atoms with Gasteiger partial charge in [-0.25, -0.2) is 0 Å². The first kappa shape index (κ1) is 11.5. The van der Waals surface area contributed by atoms with Gasteiger partial charge in [0.15, 0.2) is 0 Å². The van der Waals surface area contributed by atoms with Crippen LogP contribution in [0.4, 0.5) is 0 Å². The Balaban J connectivity index is 3.02. The van der Waals surface area contributed by atoms with Crippen molar-refractivity contribution in [2.24, 2.45) is 0 Å². The normalized spacial score (nSPS) is 12.6. The summed E-state index contributed by atoms with van der Waals surface area (Å²) in [4.78, 5) is 0. The fourth-order valence-electron chi connectivity index (χ4n) is 1.29. The highest BCUT2D eigenvalue weighted by Crippen LogP contribution is 2.29. The Kier molecular flexibility index (Phi) is 4.42. The van der Waals surface area contributed by atoms with E-state index in [1.165, 1.54) is 0 Å². The summed E-state index contributed by atoms with van der Waals surface area (Å²) < 4.78 is 6.49. The van der Waals surface area contributed by atoms with Crippen molar-refractivity contribution in [3.63, 3.8) is 0 Å². The Morgan fingerprint density at radius 3 is 2.79 bits per heavy atom. The van der Waals surface area contributed by atoms with Crippen molar-refractivity contribution in [1.82, 2.24) is 0 Å². The van der Waals surface area contributed by atoms with Crippen molar-refractivity contribution in [1.29, 1.82) is 0 Å². The van der Waals surface area contributed by atoms with Crippen molar-refractivity contribution in [3.05, 3.63) is 28.2 Å². The average Bonchev–Trinajstić information content (AvgIpc) is 2.20. The SMILES string of the molecule is CCOc1ccc(Br)cc1C(C)CO. The lowest BCUT2D eigenvalue weighted by atomic mass is 10.0. The molecule has 1 aromatic rings. The molecule has 1 atom stereocenters. The minimum absolute atomic E-state index is 0.106. The lowest BCUT2D eigenvalue weighted by Gasteiger charge is -2.14. The predicted octanol–water partition coefficient (Wildman–Crippen LogP) is 2.94. The predicted molar refractivity (Wildman–Crippen MR) is 60.8 cm³/mol. The van der Waals surface area contributed by atoms with Gasteiger partial charge in [-0.2, -0.15) is 0 Å². The van der Waals surface area contributed by atoms with E-state index in [9.17, 15) is 0 Å². The molecule has 0 heterocycles. The van der Waals surface area contributed by atoms with Crippen LogP contribution in [0.25, 0.3) is 0 Å². The molecule has 0 amide bonds. The number of rotatable bonds is 4. The molecule has 78 valence electrons. The molecule has 0 fully saturated rings. The smallest absolute Gasteiger partial charge is 0.122 e. The van der Waals surface area contributed by atoms with Gasteiger partial charge >= 0.3 is 0 Å². The zero-order chi connectivity index (χ0) is 10.6. The summed E-state index contributed by atoms with van der Waals surface area (Å²) >= 11 is 3.41. The number of aliphatic hydroxyl groups is 1. The van der Waals surface area contributed by atoms with Gasteiger partial charge in [0.25, 0.3) is 0 Å². The molecule has 0 aliphatic carbocycles. The first-order chi connectivity index (χ1) is 6.69. The summed E-state index contributed by atoms with van der Waals surface area (Å²) in [6.07, 6.45) is 0. The second kappa shape index (κ2) is 5.37. The minimum atomic E-state index is 0.106. The fraction of sp³-hybridized carbons (Fsp3) is 0.455. The number of hydrogen-bond acceptors (Lipinski definition) is 2. The summed E-state index contributed by atoms with van der Waals surface area (Å²) in [5.41, 5.74) is 1.05. The molecule has 2 nitrogen and oxygen atoms in total. The number of benzene rings is 1. The Morgan fingerprint density at radius 1 is 1.50 bits per heavy atom. The largest absolute Gasteiger partial charge is 0.494 e. The Hall–Kier alpha value is -0.540. The molecule has 0 spiro atoms. The van der Waals surface area contributed by atoms with E-state index in [0.29, 0.717) is 6.61 Å². The highest BCUT2D eigenvalue weighted by atomic mass is 79.9. The second-order valence-corrected chi connectivity index (χ2v) is 4.11. The van der Waals surface area contributed by atoms with E-state index in [-0.39, 0.29) is 12.5 Å². The van der Waals surface area contributed by atoms with Crippen LogP contribution in [0.5, 0.6) is 5.75 Å². The van der Waals surface area contributed by atoms with Gasteiger partial charge in [0, 0.05) is 22.6 Å². The van der Waals surface area contributed by atoms with Crippen LogP contribution in [0.3, 0.4) is 0 Å². The maximum atomic E-state index is 9.10. The van der Waals surface area contributed by atoms with Crippen LogP contribution in [0.1, 0.15) is 25.3 Å². The third-order valence-electron chi connectivity index (χ3n) is 2.08. The van der Waals surface area contributed by atoms with Gasteiger partial charge in [-0.05, 0) is 25.1 Å². The maximum absolute atomic E-state index is 9.10. The molecule has 0 aromatic heterocycles. The minimum Gasteiger partial charge on any atom is -0.494 e. The Labute approximate surface area is 93.0 Å².